The maximum atomic E-state index is 12.6. The lowest BCUT2D eigenvalue weighted by Gasteiger charge is -2.35. The smallest absolute Gasteiger partial charge is 0.268 e. The molecule has 2 rings (SSSR count). The molecule has 1 saturated heterocycles. The molecule has 1 atom stereocenters. The van der Waals surface area contributed by atoms with Gasteiger partial charge in [-0.25, -0.2) is 0 Å². The van der Waals surface area contributed by atoms with Gasteiger partial charge in [-0.3, -0.25) is 9.59 Å². The summed E-state index contributed by atoms with van der Waals surface area (Å²) in [5.74, 6) is 0.419. The van der Waals surface area contributed by atoms with Gasteiger partial charge in [0.2, 0.25) is 0 Å². The first kappa shape index (κ1) is 18.7. The first-order valence-corrected chi connectivity index (χ1v) is 9.09. The molecular weight excluding hydrogens is 302 g/mol. The van der Waals surface area contributed by atoms with Gasteiger partial charge in [0.25, 0.3) is 5.91 Å². The average Bonchev–Trinajstić information content (AvgIpc) is 2.89. The summed E-state index contributed by atoms with van der Waals surface area (Å²) in [6.07, 6.45) is 3.02. The van der Waals surface area contributed by atoms with Crippen LogP contribution in [0.2, 0.25) is 0 Å². The predicted octanol–water partition coefficient (Wildman–Crippen LogP) is 2.94. The number of aryl methyl sites for hydroxylation is 1. The number of hydrogen-bond donors (Lipinski definition) is 2. The number of ketones is 1. The molecule has 24 heavy (non-hydrogen) atoms. The van der Waals surface area contributed by atoms with Gasteiger partial charge >= 0.3 is 0 Å². The van der Waals surface area contributed by atoms with Crippen molar-refractivity contribution < 1.29 is 9.59 Å². The van der Waals surface area contributed by atoms with E-state index in [-0.39, 0.29) is 11.7 Å². The first-order valence-electron chi connectivity index (χ1n) is 9.09. The monoisotopic (exact) mass is 333 g/mol. The second-order valence-corrected chi connectivity index (χ2v) is 7.20. The highest BCUT2D eigenvalue weighted by molar-refractivity contribution is 6.02. The van der Waals surface area contributed by atoms with Gasteiger partial charge in [-0.1, -0.05) is 6.92 Å². The standard InChI is InChI=1S/C19H31N3O2/c1-6-16-17(14(5)23)13(4)21-18(16)19(24)20-10-15-8-7-9-22(11-15)12(2)3/h12,15,21H,6-11H2,1-5H3,(H,20,24)/t15-/m0/s1. The van der Waals surface area contributed by atoms with Gasteiger partial charge in [-0.05, 0) is 65.0 Å². The largest absolute Gasteiger partial charge is 0.354 e. The van der Waals surface area contributed by atoms with Crippen LogP contribution in [0.4, 0.5) is 0 Å². The van der Waals surface area contributed by atoms with E-state index in [1.54, 1.807) is 6.92 Å². The molecule has 0 saturated carbocycles. The third-order valence-electron chi connectivity index (χ3n) is 5.06. The third kappa shape index (κ3) is 4.07. The van der Waals surface area contributed by atoms with E-state index in [2.05, 4.69) is 29.0 Å². The highest BCUT2D eigenvalue weighted by Crippen LogP contribution is 2.21. The van der Waals surface area contributed by atoms with Crippen LogP contribution in [0, 0.1) is 12.8 Å². The van der Waals surface area contributed by atoms with Crippen LogP contribution in [0.5, 0.6) is 0 Å². The Morgan fingerprint density at radius 2 is 2.08 bits per heavy atom. The fourth-order valence-corrected chi connectivity index (χ4v) is 3.76. The van der Waals surface area contributed by atoms with Crippen LogP contribution in [-0.2, 0) is 6.42 Å². The van der Waals surface area contributed by atoms with Crippen LogP contribution in [0.3, 0.4) is 0 Å². The Morgan fingerprint density at radius 3 is 2.67 bits per heavy atom. The maximum absolute atomic E-state index is 12.6. The van der Waals surface area contributed by atoms with E-state index in [0.717, 1.165) is 30.8 Å². The van der Waals surface area contributed by atoms with Crippen molar-refractivity contribution in [2.45, 2.75) is 59.9 Å². The van der Waals surface area contributed by atoms with Crippen molar-refractivity contribution >= 4 is 11.7 Å². The fourth-order valence-electron chi connectivity index (χ4n) is 3.76. The summed E-state index contributed by atoms with van der Waals surface area (Å²) in [5.41, 5.74) is 2.85. The quantitative estimate of drug-likeness (QED) is 0.787. The van der Waals surface area contributed by atoms with E-state index in [4.69, 9.17) is 0 Å². The van der Waals surface area contributed by atoms with Crippen LogP contribution in [0.15, 0.2) is 0 Å². The molecule has 0 radical (unpaired) electrons. The summed E-state index contributed by atoms with van der Waals surface area (Å²) in [7, 11) is 0. The molecule has 1 aliphatic rings. The molecule has 1 aromatic heterocycles. The number of carbonyl (C=O) groups excluding carboxylic acids is 2. The number of aromatic nitrogens is 1. The van der Waals surface area contributed by atoms with Crippen LogP contribution in [0.25, 0.3) is 0 Å². The summed E-state index contributed by atoms with van der Waals surface area (Å²) in [5, 5.41) is 3.07. The number of piperidine rings is 1. The van der Waals surface area contributed by atoms with Crippen molar-refractivity contribution in [2.75, 3.05) is 19.6 Å². The van der Waals surface area contributed by atoms with E-state index in [1.165, 1.54) is 6.42 Å². The number of nitrogens with one attached hydrogen (secondary N) is 2. The zero-order valence-electron chi connectivity index (χ0n) is 15.7. The van der Waals surface area contributed by atoms with E-state index in [0.29, 0.717) is 36.2 Å². The summed E-state index contributed by atoms with van der Waals surface area (Å²) >= 11 is 0. The predicted molar refractivity (Wildman–Crippen MR) is 96.7 cm³/mol. The lowest BCUT2D eigenvalue weighted by Crippen LogP contribution is -2.43. The molecule has 5 nitrogen and oxygen atoms in total. The molecule has 0 aliphatic carbocycles. The number of hydrogen-bond acceptors (Lipinski definition) is 3. The molecule has 0 bridgehead atoms. The number of amides is 1. The molecule has 134 valence electrons. The minimum absolute atomic E-state index is 0.0134. The molecule has 5 heteroatoms. The number of aromatic amines is 1. The number of rotatable bonds is 6. The van der Waals surface area contributed by atoms with Crippen LogP contribution in [-0.4, -0.2) is 47.3 Å². The van der Waals surface area contributed by atoms with Crippen molar-refractivity contribution in [1.82, 2.24) is 15.2 Å². The van der Waals surface area contributed by atoms with Gasteiger partial charge in [0.05, 0.1) is 0 Å². The second-order valence-electron chi connectivity index (χ2n) is 7.20. The van der Waals surface area contributed by atoms with Gasteiger partial charge in [0.15, 0.2) is 5.78 Å². The number of likely N-dealkylation sites (tertiary alicyclic amines) is 1. The molecular formula is C19H31N3O2. The Kier molecular flexibility index (Phi) is 6.21. The summed E-state index contributed by atoms with van der Waals surface area (Å²) < 4.78 is 0. The first-order chi connectivity index (χ1) is 11.3. The topological polar surface area (TPSA) is 65.2 Å². The van der Waals surface area contributed by atoms with Crippen molar-refractivity contribution in [3.8, 4) is 0 Å². The highest BCUT2D eigenvalue weighted by atomic mass is 16.2. The SMILES string of the molecule is CCc1c(C(=O)NC[C@@H]2CCCN(C(C)C)C2)[nH]c(C)c1C(C)=O. The van der Waals surface area contributed by atoms with Crippen molar-refractivity contribution in [3.05, 3.63) is 22.5 Å². The Morgan fingerprint density at radius 1 is 1.38 bits per heavy atom. The van der Waals surface area contributed by atoms with Gasteiger partial charge < -0.3 is 15.2 Å². The van der Waals surface area contributed by atoms with Crippen molar-refractivity contribution in [2.24, 2.45) is 5.92 Å². The molecule has 2 N–H and O–H groups in total. The van der Waals surface area contributed by atoms with Crippen molar-refractivity contribution in [3.63, 3.8) is 0 Å². The number of carbonyl (C=O) groups is 2. The summed E-state index contributed by atoms with van der Waals surface area (Å²) in [4.78, 5) is 30.0. The lowest BCUT2D eigenvalue weighted by atomic mass is 9.97. The van der Waals surface area contributed by atoms with E-state index in [9.17, 15) is 9.59 Å². The maximum Gasteiger partial charge on any atom is 0.268 e. The minimum atomic E-state index is -0.0934. The summed E-state index contributed by atoms with van der Waals surface area (Å²) in [6, 6.07) is 0.555. The Labute approximate surface area is 145 Å². The number of Topliss-reactive ketones (excluding diaryl/α,β-unsaturated/α-hetero) is 1. The highest BCUT2D eigenvalue weighted by Gasteiger charge is 2.24. The van der Waals surface area contributed by atoms with Crippen LogP contribution in [0.1, 0.15) is 72.6 Å². The third-order valence-corrected chi connectivity index (χ3v) is 5.06. The van der Waals surface area contributed by atoms with E-state index >= 15 is 0 Å². The van der Waals surface area contributed by atoms with Gasteiger partial charge in [-0.2, -0.15) is 0 Å². The van der Waals surface area contributed by atoms with Gasteiger partial charge in [-0.15, -0.1) is 0 Å². The number of H-pyrrole nitrogens is 1. The zero-order valence-corrected chi connectivity index (χ0v) is 15.7. The zero-order chi connectivity index (χ0) is 17.9. The van der Waals surface area contributed by atoms with Crippen molar-refractivity contribution in [1.29, 1.82) is 0 Å². The lowest BCUT2D eigenvalue weighted by molar-refractivity contribution is 0.0917. The Balaban J connectivity index is 2.03. The normalized spacial score (nSPS) is 18.8. The minimum Gasteiger partial charge on any atom is -0.354 e. The molecule has 1 amide bonds. The number of nitrogens with zero attached hydrogens (tertiary/aromatic N) is 1. The molecule has 1 aromatic rings. The van der Waals surface area contributed by atoms with E-state index in [1.807, 2.05) is 13.8 Å². The van der Waals surface area contributed by atoms with E-state index < -0.39 is 0 Å². The average molecular weight is 333 g/mol. The molecule has 0 spiro atoms. The second kappa shape index (κ2) is 7.97. The van der Waals surface area contributed by atoms with Gasteiger partial charge in [0.1, 0.15) is 5.69 Å². The van der Waals surface area contributed by atoms with Crippen LogP contribution < -0.4 is 5.32 Å². The van der Waals surface area contributed by atoms with Crippen LogP contribution >= 0.6 is 0 Å². The molecule has 0 unspecified atom stereocenters. The molecule has 1 aliphatic heterocycles. The Hall–Kier alpha value is -1.62. The molecule has 2 heterocycles. The van der Waals surface area contributed by atoms with Gasteiger partial charge in [0, 0.05) is 30.4 Å². The fraction of sp³-hybridized carbons (Fsp3) is 0.684. The molecule has 0 aromatic carbocycles. The Bertz CT molecular complexity index is 604. The molecule has 1 fully saturated rings. The summed E-state index contributed by atoms with van der Waals surface area (Å²) in [6.45, 7) is 12.7.